The van der Waals surface area contributed by atoms with E-state index in [2.05, 4.69) is 4.74 Å². The number of carboxylic acids is 1. The molecule has 14 heteroatoms. The average molecular weight is 418 g/mol. The molecule has 0 atom stereocenters. The van der Waals surface area contributed by atoms with E-state index in [1.807, 2.05) is 0 Å². The van der Waals surface area contributed by atoms with Gasteiger partial charge < -0.3 is 9.84 Å². The van der Waals surface area contributed by atoms with E-state index >= 15 is 0 Å². The van der Waals surface area contributed by atoms with Gasteiger partial charge in [0.05, 0.1) is 5.56 Å². The number of benzene rings is 1. The van der Waals surface area contributed by atoms with Crippen molar-refractivity contribution >= 4 is 5.97 Å². The number of carbonyl (C=O) groups is 1. The molecular weight excluding hydrogens is 413 g/mol. The van der Waals surface area contributed by atoms with Crippen LogP contribution in [-0.2, 0) is 0 Å². The molecule has 0 radical (unpaired) electrons. The van der Waals surface area contributed by atoms with Gasteiger partial charge in [-0.15, -0.1) is 0 Å². The second-order valence-electron chi connectivity index (χ2n) is 4.70. The number of rotatable bonds is 4. The molecule has 0 saturated heterocycles. The highest BCUT2D eigenvalue weighted by atomic mass is 19.4. The van der Waals surface area contributed by atoms with Gasteiger partial charge in [0, 0.05) is 0 Å². The molecule has 152 valence electrons. The van der Waals surface area contributed by atoms with E-state index in [1.165, 1.54) is 0 Å². The number of allylic oxidation sites excluding steroid dienone is 2. The first-order valence-electron chi connectivity index (χ1n) is 6.24. The van der Waals surface area contributed by atoms with Crippen LogP contribution < -0.4 is 4.74 Å². The summed E-state index contributed by atoms with van der Waals surface area (Å²) in [6.45, 7) is 0. The predicted octanol–water partition coefficient (Wildman–Crippen LogP) is 5.34. The van der Waals surface area contributed by atoms with Crippen LogP contribution in [0.5, 0.6) is 5.75 Å². The second kappa shape index (κ2) is 6.88. The molecule has 1 N–H and O–H groups in total. The fraction of sp³-hybridized carbons (Fsp3) is 0.308. The van der Waals surface area contributed by atoms with Gasteiger partial charge in [-0.05, 0) is 24.3 Å². The van der Waals surface area contributed by atoms with Gasteiger partial charge in [0.25, 0.3) is 0 Å². The minimum absolute atomic E-state index is 0.306. The monoisotopic (exact) mass is 418 g/mol. The van der Waals surface area contributed by atoms with Gasteiger partial charge in [-0.1, -0.05) is 0 Å². The van der Waals surface area contributed by atoms with Crippen molar-refractivity contribution in [1.29, 1.82) is 0 Å². The number of carboxylic acid groups (broad SMARTS) is 1. The molecule has 0 aliphatic carbocycles. The lowest BCUT2D eigenvalue weighted by Gasteiger charge is -2.27. The molecule has 0 saturated carbocycles. The molecule has 3 nitrogen and oxygen atoms in total. The number of hydrogen-bond donors (Lipinski definition) is 1. The molecule has 0 bridgehead atoms. The first-order valence-corrected chi connectivity index (χ1v) is 6.24. The topological polar surface area (TPSA) is 46.5 Å². The highest BCUT2D eigenvalue weighted by Crippen LogP contribution is 2.49. The molecule has 0 aromatic heterocycles. The molecule has 0 heterocycles. The zero-order chi connectivity index (χ0) is 21.4. The standard InChI is InChI=1S/C13H5F11O3/c14-10(15,13(22,23)24)8(7(11(16,17)18)12(19,20)21)27-6-3-1-5(2-4-6)9(25)26/h1-4H,(H,25,26). The number of ether oxygens (including phenoxy) is 1. The van der Waals surface area contributed by atoms with Gasteiger partial charge in [-0.25, -0.2) is 4.79 Å². The van der Waals surface area contributed by atoms with Crippen molar-refractivity contribution in [3.63, 3.8) is 0 Å². The van der Waals surface area contributed by atoms with E-state index in [9.17, 15) is 53.1 Å². The van der Waals surface area contributed by atoms with Crippen LogP contribution in [0.1, 0.15) is 10.4 Å². The number of alkyl halides is 11. The molecule has 0 aliphatic rings. The summed E-state index contributed by atoms with van der Waals surface area (Å²) in [5.41, 5.74) is -4.79. The van der Waals surface area contributed by atoms with Gasteiger partial charge in [-0.3, -0.25) is 0 Å². The Kier molecular flexibility index (Phi) is 5.74. The average Bonchev–Trinajstić information content (AvgIpc) is 2.42. The molecule has 0 amide bonds. The summed E-state index contributed by atoms with van der Waals surface area (Å²) >= 11 is 0. The molecule has 27 heavy (non-hydrogen) atoms. The van der Waals surface area contributed by atoms with Crippen molar-refractivity contribution < 1.29 is 62.9 Å². The lowest BCUT2D eigenvalue weighted by atomic mass is 10.1. The fourth-order valence-corrected chi connectivity index (χ4v) is 1.60. The first kappa shape index (κ1) is 22.5. The summed E-state index contributed by atoms with van der Waals surface area (Å²) in [6.07, 6.45) is -20.2. The third kappa shape index (κ3) is 5.01. The molecule has 1 aromatic carbocycles. The summed E-state index contributed by atoms with van der Waals surface area (Å²) in [6, 6.07) is 1.62. The van der Waals surface area contributed by atoms with Crippen LogP contribution in [0.15, 0.2) is 35.6 Å². The number of aromatic carboxylic acids is 1. The van der Waals surface area contributed by atoms with Crippen molar-refractivity contribution in [2.24, 2.45) is 0 Å². The Hall–Kier alpha value is -2.54. The summed E-state index contributed by atoms with van der Waals surface area (Å²) in [5.74, 6) is -13.3. The molecule has 0 spiro atoms. The van der Waals surface area contributed by atoms with Gasteiger partial charge in [0.1, 0.15) is 5.75 Å². The minimum atomic E-state index is -6.86. The molecule has 1 aromatic rings. The Labute approximate surface area is 141 Å². The minimum Gasteiger partial charge on any atom is -0.478 e. The van der Waals surface area contributed by atoms with Crippen LogP contribution in [-0.4, -0.2) is 35.5 Å². The third-order valence-electron chi connectivity index (χ3n) is 2.76. The maximum absolute atomic E-state index is 13.4. The van der Waals surface area contributed by atoms with E-state index in [0.717, 1.165) is 0 Å². The summed E-state index contributed by atoms with van der Waals surface area (Å²) in [4.78, 5) is 10.6. The van der Waals surface area contributed by atoms with Crippen molar-refractivity contribution in [2.75, 3.05) is 0 Å². The van der Waals surface area contributed by atoms with E-state index in [4.69, 9.17) is 5.11 Å². The van der Waals surface area contributed by atoms with Crippen molar-refractivity contribution in [3.8, 4) is 5.75 Å². The van der Waals surface area contributed by atoms with Gasteiger partial charge >= 0.3 is 30.4 Å². The summed E-state index contributed by atoms with van der Waals surface area (Å²) in [5, 5.41) is 8.58. The molecule has 0 aliphatic heterocycles. The molecule has 0 unspecified atom stereocenters. The van der Waals surface area contributed by atoms with E-state index in [-0.39, 0.29) is 0 Å². The molecule has 1 rings (SSSR count). The van der Waals surface area contributed by atoms with Gasteiger partial charge in [-0.2, -0.15) is 48.3 Å². The van der Waals surface area contributed by atoms with E-state index < -0.39 is 53.1 Å². The van der Waals surface area contributed by atoms with Crippen LogP contribution in [0.25, 0.3) is 0 Å². The van der Waals surface area contributed by atoms with E-state index in [1.54, 1.807) is 0 Å². The van der Waals surface area contributed by atoms with Crippen molar-refractivity contribution in [3.05, 3.63) is 41.2 Å². The molecular formula is C13H5F11O3. The number of halogens is 11. The lowest BCUT2D eigenvalue weighted by Crippen LogP contribution is -2.44. The molecule has 0 fully saturated rings. The van der Waals surface area contributed by atoms with Gasteiger partial charge in [0.2, 0.25) is 5.76 Å². The lowest BCUT2D eigenvalue weighted by molar-refractivity contribution is -0.277. The van der Waals surface area contributed by atoms with Crippen LogP contribution >= 0.6 is 0 Å². The Bertz CT molecular complexity index is 708. The SMILES string of the molecule is O=C(O)c1ccc(OC(=C(C(F)(F)F)C(F)(F)F)C(F)(F)C(F)(F)F)cc1. The van der Waals surface area contributed by atoms with Crippen molar-refractivity contribution in [1.82, 2.24) is 0 Å². The zero-order valence-electron chi connectivity index (χ0n) is 12.2. The summed E-state index contributed by atoms with van der Waals surface area (Å²) < 4.78 is 143. The fourth-order valence-electron chi connectivity index (χ4n) is 1.60. The maximum Gasteiger partial charge on any atom is 0.461 e. The highest BCUT2D eigenvalue weighted by molar-refractivity contribution is 5.87. The van der Waals surface area contributed by atoms with Crippen LogP contribution in [0, 0.1) is 0 Å². The van der Waals surface area contributed by atoms with Gasteiger partial charge in [0.15, 0.2) is 5.57 Å². The Morgan fingerprint density at radius 3 is 1.48 bits per heavy atom. The second-order valence-corrected chi connectivity index (χ2v) is 4.70. The van der Waals surface area contributed by atoms with Crippen LogP contribution in [0.4, 0.5) is 48.3 Å². The number of hydrogen-bond acceptors (Lipinski definition) is 2. The quantitative estimate of drug-likeness (QED) is 0.531. The highest BCUT2D eigenvalue weighted by Gasteiger charge is 2.68. The predicted molar refractivity (Wildman–Crippen MR) is 64.2 cm³/mol. The smallest absolute Gasteiger partial charge is 0.461 e. The van der Waals surface area contributed by atoms with Crippen LogP contribution in [0.3, 0.4) is 0 Å². The van der Waals surface area contributed by atoms with Crippen LogP contribution in [0.2, 0.25) is 0 Å². The Morgan fingerprint density at radius 1 is 0.778 bits per heavy atom. The van der Waals surface area contributed by atoms with E-state index in [0.29, 0.717) is 24.3 Å². The van der Waals surface area contributed by atoms with Crippen molar-refractivity contribution in [2.45, 2.75) is 24.5 Å². The largest absolute Gasteiger partial charge is 0.478 e. The summed E-state index contributed by atoms with van der Waals surface area (Å²) in [7, 11) is 0. The normalized spacial score (nSPS) is 13.3. The maximum atomic E-state index is 13.4. The third-order valence-corrected chi connectivity index (χ3v) is 2.76. The Morgan fingerprint density at radius 2 is 1.19 bits per heavy atom. The Balaban J connectivity index is 3.69. The zero-order valence-corrected chi connectivity index (χ0v) is 12.2. The first-order chi connectivity index (χ1) is 11.9.